The molecule has 1 aliphatic rings. The zero-order valence-electron chi connectivity index (χ0n) is 14.4. The van der Waals surface area contributed by atoms with E-state index in [9.17, 15) is 24.0 Å². The lowest BCUT2D eigenvalue weighted by Gasteiger charge is -2.25. The molecule has 1 saturated heterocycles. The van der Waals surface area contributed by atoms with Gasteiger partial charge in [-0.25, -0.2) is 4.79 Å². The van der Waals surface area contributed by atoms with Gasteiger partial charge in [-0.1, -0.05) is 0 Å². The zero-order chi connectivity index (χ0) is 19.9. The summed E-state index contributed by atoms with van der Waals surface area (Å²) in [6, 6.07) is -3.15. The normalized spacial score (nSPS) is 18.7. The molecule has 0 aromatic rings. The van der Waals surface area contributed by atoms with Crippen molar-refractivity contribution in [2.45, 2.75) is 50.7 Å². The number of rotatable bonds is 9. The lowest BCUT2D eigenvalue weighted by Crippen LogP contribution is -2.54. The van der Waals surface area contributed by atoms with Crippen LogP contribution < -0.4 is 16.4 Å². The van der Waals surface area contributed by atoms with Crippen molar-refractivity contribution in [3.05, 3.63) is 0 Å². The van der Waals surface area contributed by atoms with Crippen molar-refractivity contribution in [1.82, 2.24) is 15.5 Å². The summed E-state index contributed by atoms with van der Waals surface area (Å²) in [6.07, 6.45) is 0.387. The standard InChI is InChI=1S/C15H24N4O7/c1-8(13(23)18-9(15(25)26)4-5-12(21)22)17-14(24)10-3-2-6-19(10)11(20)7-16/h8-10H,2-7,16H2,1H3,(H,17,24)(H,18,23)(H,21,22)(H,25,26). The molecule has 146 valence electrons. The predicted octanol–water partition coefficient (Wildman–Crippen LogP) is -2.12. The van der Waals surface area contributed by atoms with Crippen molar-refractivity contribution in [2.24, 2.45) is 5.73 Å². The number of aliphatic carboxylic acids is 2. The van der Waals surface area contributed by atoms with Gasteiger partial charge in [0.25, 0.3) is 0 Å². The first-order valence-electron chi connectivity index (χ1n) is 8.22. The highest BCUT2D eigenvalue weighted by atomic mass is 16.4. The van der Waals surface area contributed by atoms with Gasteiger partial charge in [-0.2, -0.15) is 0 Å². The van der Waals surface area contributed by atoms with Crippen LogP contribution in [0.1, 0.15) is 32.6 Å². The molecule has 1 rings (SSSR count). The number of carbonyl (C=O) groups excluding carboxylic acids is 3. The van der Waals surface area contributed by atoms with Gasteiger partial charge in [0, 0.05) is 13.0 Å². The summed E-state index contributed by atoms with van der Waals surface area (Å²) in [7, 11) is 0. The van der Waals surface area contributed by atoms with Crippen molar-refractivity contribution < 1.29 is 34.2 Å². The Morgan fingerprint density at radius 3 is 2.38 bits per heavy atom. The largest absolute Gasteiger partial charge is 0.481 e. The Morgan fingerprint density at radius 2 is 1.85 bits per heavy atom. The minimum Gasteiger partial charge on any atom is -0.481 e. The van der Waals surface area contributed by atoms with E-state index >= 15 is 0 Å². The van der Waals surface area contributed by atoms with Crippen LogP contribution in [0, 0.1) is 0 Å². The quantitative estimate of drug-likeness (QED) is 0.304. The highest BCUT2D eigenvalue weighted by molar-refractivity contribution is 5.93. The van der Waals surface area contributed by atoms with E-state index in [1.54, 1.807) is 0 Å². The average molecular weight is 372 g/mol. The first-order chi connectivity index (χ1) is 12.2. The molecule has 1 heterocycles. The van der Waals surface area contributed by atoms with E-state index in [1.165, 1.54) is 11.8 Å². The van der Waals surface area contributed by atoms with E-state index in [4.69, 9.17) is 15.9 Å². The maximum absolute atomic E-state index is 12.3. The number of carboxylic acid groups (broad SMARTS) is 2. The van der Waals surface area contributed by atoms with Crippen LogP contribution in [0.4, 0.5) is 0 Å². The lowest BCUT2D eigenvalue weighted by atomic mass is 10.1. The highest BCUT2D eigenvalue weighted by Crippen LogP contribution is 2.17. The number of hydrogen-bond acceptors (Lipinski definition) is 6. The third kappa shape index (κ3) is 5.99. The van der Waals surface area contributed by atoms with Gasteiger partial charge in [0.1, 0.15) is 18.1 Å². The van der Waals surface area contributed by atoms with E-state index in [0.717, 1.165) is 0 Å². The van der Waals surface area contributed by atoms with Crippen LogP contribution in [-0.2, 0) is 24.0 Å². The summed E-state index contributed by atoms with van der Waals surface area (Å²) in [5, 5.41) is 22.3. The van der Waals surface area contributed by atoms with Crippen molar-refractivity contribution in [3.63, 3.8) is 0 Å². The second kappa shape index (κ2) is 9.70. The Bertz CT molecular complexity index is 580. The molecule has 3 unspecified atom stereocenters. The number of likely N-dealkylation sites (tertiary alicyclic amines) is 1. The number of carbonyl (C=O) groups is 5. The summed E-state index contributed by atoms with van der Waals surface area (Å²) in [4.78, 5) is 59.1. The van der Waals surface area contributed by atoms with Crippen LogP contribution >= 0.6 is 0 Å². The van der Waals surface area contributed by atoms with E-state index < -0.39 is 48.3 Å². The van der Waals surface area contributed by atoms with E-state index in [1.807, 2.05) is 0 Å². The van der Waals surface area contributed by atoms with Gasteiger partial charge in [-0.15, -0.1) is 0 Å². The van der Waals surface area contributed by atoms with Crippen LogP contribution in [0.5, 0.6) is 0 Å². The number of hydrogen-bond donors (Lipinski definition) is 5. The molecule has 0 aromatic heterocycles. The molecule has 6 N–H and O–H groups in total. The van der Waals surface area contributed by atoms with Gasteiger partial charge < -0.3 is 31.5 Å². The van der Waals surface area contributed by atoms with Crippen LogP contribution in [0.3, 0.4) is 0 Å². The molecule has 0 aliphatic carbocycles. The van der Waals surface area contributed by atoms with Crippen LogP contribution in [0.25, 0.3) is 0 Å². The smallest absolute Gasteiger partial charge is 0.326 e. The zero-order valence-corrected chi connectivity index (χ0v) is 14.4. The molecule has 3 atom stereocenters. The summed E-state index contributed by atoms with van der Waals surface area (Å²) in [6.45, 7) is 1.56. The fraction of sp³-hybridized carbons (Fsp3) is 0.667. The molecule has 11 nitrogen and oxygen atoms in total. The molecule has 0 bridgehead atoms. The molecular formula is C15H24N4O7. The van der Waals surface area contributed by atoms with E-state index in [-0.39, 0.29) is 18.9 Å². The molecular weight excluding hydrogens is 348 g/mol. The fourth-order valence-corrected chi connectivity index (χ4v) is 2.65. The number of nitrogens with two attached hydrogens (primary N) is 1. The Hall–Kier alpha value is -2.69. The number of nitrogens with zero attached hydrogens (tertiary/aromatic N) is 1. The number of carboxylic acids is 2. The van der Waals surface area contributed by atoms with Gasteiger partial charge in [-0.3, -0.25) is 19.2 Å². The van der Waals surface area contributed by atoms with Crippen LogP contribution in [-0.4, -0.2) is 76.0 Å². The predicted molar refractivity (Wildman–Crippen MR) is 87.8 cm³/mol. The van der Waals surface area contributed by atoms with Crippen molar-refractivity contribution in [2.75, 3.05) is 13.1 Å². The van der Waals surface area contributed by atoms with Crippen molar-refractivity contribution in [3.8, 4) is 0 Å². The summed E-state index contributed by atoms with van der Waals surface area (Å²) in [5.74, 6) is -4.19. The molecule has 26 heavy (non-hydrogen) atoms. The Morgan fingerprint density at radius 1 is 1.19 bits per heavy atom. The molecule has 0 saturated carbocycles. The average Bonchev–Trinajstić information content (AvgIpc) is 3.06. The molecule has 0 radical (unpaired) electrons. The SMILES string of the molecule is CC(NC(=O)C1CCCN1C(=O)CN)C(=O)NC(CCC(=O)O)C(=O)O. The second-order valence-corrected chi connectivity index (χ2v) is 6.01. The number of amides is 3. The lowest BCUT2D eigenvalue weighted by molar-refractivity contribution is -0.143. The maximum Gasteiger partial charge on any atom is 0.326 e. The Kier molecular flexibility index (Phi) is 7.97. The van der Waals surface area contributed by atoms with Gasteiger partial charge in [0.05, 0.1) is 6.54 Å². The van der Waals surface area contributed by atoms with E-state index in [2.05, 4.69) is 10.6 Å². The van der Waals surface area contributed by atoms with Crippen LogP contribution in [0.2, 0.25) is 0 Å². The third-order valence-corrected chi connectivity index (χ3v) is 4.06. The molecule has 0 aromatic carbocycles. The van der Waals surface area contributed by atoms with Gasteiger partial charge >= 0.3 is 11.9 Å². The minimum atomic E-state index is -1.38. The van der Waals surface area contributed by atoms with E-state index in [0.29, 0.717) is 19.4 Å². The number of nitrogens with one attached hydrogen (secondary N) is 2. The monoisotopic (exact) mass is 372 g/mol. The minimum absolute atomic E-state index is 0.219. The maximum atomic E-state index is 12.3. The summed E-state index contributed by atoms with van der Waals surface area (Å²) < 4.78 is 0. The van der Waals surface area contributed by atoms with Crippen LogP contribution in [0.15, 0.2) is 0 Å². The molecule has 11 heteroatoms. The molecule has 3 amide bonds. The molecule has 0 spiro atoms. The first-order valence-corrected chi connectivity index (χ1v) is 8.22. The van der Waals surface area contributed by atoms with Crippen molar-refractivity contribution in [1.29, 1.82) is 0 Å². The van der Waals surface area contributed by atoms with Crippen molar-refractivity contribution >= 4 is 29.7 Å². The summed E-state index contributed by atoms with van der Waals surface area (Å²) in [5.41, 5.74) is 5.31. The Labute approximate surface area is 149 Å². The first kappa shape index (κ1) is 21.4. The third-order valence-electron chi connectivity index (χ3n) is 4.06. The second-order valence-electron chi connectivity index (χ2n) is 6.01. The topological polar surface area (TPSA) is 179 Å². The Balaban J connectivity index is 2.61. The fourth-order valence-electron chi connectivity index (χ4n) is 2.65. The molecule has 1 aliphatic heterocycles. The molecule has 1 fully saturated rings. The van der Waals surface area contributed by atoms with Gasteiger partial charge in [0.2, 0.25) is 17.7 Å². The van der Waals surface area contributed by atoms with Gasteiger partial charge in [-0.05, 0) is 26.2 Å². The highest BCUT2D eigenvalue weighted by Gasteiger charge is 2.34. The van der Waals surface area contributed by atoms with Gasteiger partial charge in [0.15, 0.2) is 0 Å². The summed E-state index contributed by atoms with van der Waals surface area (Å²) >= 11 is 0.